The first-order chi connectivity index (χ1) is 8.47. The first kappa shape index (κ1) is 16.1. The number of carboxylic acids is 1. The Labute approximate surface area is 107 Å². The van der Waals surface area contributed by atoms with E-state index in [-0.39, 0.29) is 5.97 Å². The maximum atomic E-state index is 11.0. The van der Waals surface area contributed by atoms with Crippen LogP contribution < -0.4 is 5.73 Å². The molecule has 0 aliphatic rings. The number of aryl methyl sites for hydroxylation is 1. The van der Waals surface area contributed by atoms with Crippen LogP contribution in [-0.2, 0) is 20.7 Å². The Kier molecular flexibility index (Phi) is 8.22. The van der Waals surface area contributed by atoms with Crippen LogP contribution in [0.5, 0.6) is 0 Å². The summed E-state index contributed by atoms with van der Waals surface area (Å²) in [6.45, 7) is 1.08. The summed E-state index contributed by atoms with van der Waals surface area (Å²) in [7, 11) is 1.35. The lowest BCUT2D eigenvalue weighted by atomic mass is 10.1. The molecule has 0 aliphatic heterocycles. The number of hydrogen-bond donors (Lipinski definition) is 2. The summed E-state index contributed by atoms with van der Waals surface area (Å²) in [5.74, 6) is -1.18. The van der Waals surface area contributed by atoms with Crippen molar-refractivity contribution in [3.8, 4) is 0 Å². The highest BCUT2D eigenvalue weighted by molar-refractivity contribution is 5.75. The number of carbonyl (C=O) groups is 2. The van der Waals surface area contributed by atoms with Crippen molar-refractivity contribution >= 4 is 11.9 Å². The van der Waals surface area contributed by atoms with Crippen LogP contribution in [0.3, 0.4) is 0 Å². The number of esters is 1. The molecule has 0 heterocycles. The molecule has 0 fully saturated rings. The standard InChI is InChI=1S/C11H15NO2.C2H4O2/c1-14-11(13)10(12)8-7-9-5-3-2-4-6-9;1-2(3)4/h2-6,10H,7-8,12H2,1H3;1H3,(H,3,4)/t10-;/m0./s1. The summed E-state index contributed by atoms with van der Waals surface area (Å²) in [5.41, 5.74) is 6.79. The molecule has 0 saturated carbocycles. The number of carboxylic acid groups (broad SMARTS) is 1. The van der Waals surface area contributed by atoms with Gasteiger partial charge in [0.25, 0.3) is 5.97 Å². The number of benzene rings is 1. The van der Waals surface area contributed by atoms with E-state index in [2.05, 4.69) is 4.74 Å². The molecule has 5 nitrogen and oxygen atoms in total. The topological polar surface area (TPSA) is 89.6 Å². The summed E-state index contributed by atoms with van der Waals surface area (Å²) < 4.78 is 4.54. The molecule has 1 aromatic carbocycles. The molecule has 0 radical (unpaired) electrons. The van der Waals surface area contributed by atoms with Gasteiger partial charge in [0.05, 0.1) is 7.11 Å². The molecule has 0 bridgehead atoms. The monoisotopic (exact) mass is 253 g/mol. The molecule has 0 saturated heterocycles. The van der Waals surface area contributed by atoms with E-state index in [1.807, 2.05) is 30.3 Å². The van der Waals surface area contributed by atoms with Crippen molar-refractivity contribution in [2.45, 2.75) is 25.8 Å². The first-order valence-electron chi connectivity index (χ1n) is 5.54. The minimum atomic E-state index is -0.833. The van der Waals surface area contributed by atoms with Gasteiger partial charge in [-0.15, -0.1) is 0 Å². The minimum absolute atomic E-state index is 0.346. The average molecular weight is 253 g/mol. The van der Waals surface area contributed by atoms with E-state index in [0.29, 0.717) is 6.42 Å². The largest absolute Gasteiger partial charge is 0.481 e. The molecule has 0 spiro atoms. The number of carbonyl (C=O) groups excluding carboxylic acids is 1. The van der Waals surface area contributed by atoms with Gasteiger partial charge in [-0.2, -0.15) is 0 Å². The van der Waals surface area contributed by atoms with Crippen LogP contribution in [0.1, 0.15) is 18.9 Å². The molecule has 18 heavy (non-hydrogen) atoms. The summed E-state index contributed by atoms with van der Waals surface area (Å²) in [6.07, 6.45) is 1.42. The van der Waals surface area contributed by atoms with Crippen LogP contribution in [0.4, 0.5) is 0 Å². The fourth-order valence-electron chi connectivity index (χ4n) is 1.24. The van der Waals surface area contributed by atoms with E-state index in [4.69, 9.17) is 15.6 Å². The lowest BCUT2D eigenvalue weighted by molar-refractivity contribution is -0.142. The van der Waals surface area contributed by atoms with Gasteiger partial charge in [-0.3, -0.25) is 9.59 Å². The molecule has 3 N–H and O–H groups in total. The number of methoxy groups -OCH3 is 1. The van der Waals surface area contributed by atoms with Gasteiger partial charge in [-0.1, -0.05) is 30.3 Å². The number of ether oxygens (including phenoxy) is 1. The molecule has 0 amide bonds. The van der Waals surface area contributed by atoms with Gasteiger partial charge >= 0.3 is 5.97 Å². The van der Waals surface area contributed by atoms with Crippen LogP contribution in [0, 0.1) is 0 Å². The summed E-state index contributed by atoms with van der Waals surface area (Å²) in [4.78, 5) is 20.0. The molecule has 1 aromatic rings. The third kappa shape index (κ3) is 8.29. The smallest absolute Gasteiger partial charge is 0.322 e. The van der Waals surface area contributed by atoms with Crippen molar-refractivity contribution in [2.24, 2.45) is 5.73 Å². The maximum absolute atomic E-state index is 11.0. The average Bonchev–Trinajstić information content (AvgIpc) is 2.35. The molecule has 5 heteroatoms. The van der Waals surface area contributed by atoms with Gasteiger partial charge < -0.3 is 15.6 Å². The Balaban J connectivity index is 0.000000631. The van der Waals surface area contributed by atoms with Crippen molar-refractivity contribution in [3.63, 3.8) is 0 Å². The third-order valence-electron chi connectivity index (χ3n) is 2.09. The zero-order valence-corrected chi connectivity index (χ0v) is 10.6. The Morgan fingerprint density at radius 2 is 1.83 bits per heavy atom. The second kappa shape index (κ2) is 9.18. The fraction of sp³-hybridized carbons (Fsp3) is 0.385. The van der Waals surface area contributed by atoms with Gasteiger partial charge in [0, 0.05) is 6.92 Å². The lowest BCUT2D eigenvalue weighted by Crippen LogP contribution is -2.31. The van der Waals surface area contributed by atoms with Gasteiger partial charge in [0.1, 0.15) is 6.04 Å². The highest BCUT2D eigenvalue weighted by Crippen LogP contribution is 2.04. The second-order valence-corrected chi connectivity index (χ2v) is 3.67. The van der Waals surface area contributed by atoms with Crippen LogP contribution in [0.15, 0.2) is 30.3 Å². The van der Waals surface area contributed by atoms with Gasteiger partial charge in [-0.25, -0.2) is 0 Å². The molecule has 1 atom stereocenters. The summed E-state index contributed by atoms with van der Waals surface area (Å²) in [5, 5.41) is 7.42. The van der Waals surface area contributed by atoms with E-state index < -0.39 is 12.0 Å². The quantitative estimate of drug-likeness (QED) is 0.787. The minimum Gasteiger partial charge on any atom is -0.481 e. The Hall–Kier alpha value is -1.88. The summed E-state index contributed by atoms with van der Waals surface area (Å²) in [6, 6.07) is 9.43. The number of nitrogens with two attached hydrogens (primary N) is 1. The third-order valence-corrected chi connectivity index (χ3v) is 2.09. The van der Waals surface area contributed by atoms with Crippen molar-refractivity contribution in [1.29, 1.82) is 0 Å². The molecule has 100 valence electrons. The highest BCUT2D eigenvalue weighted by atomic mass is 16.5. The molecular formula is C13H19NO4. The molecule has 0 aromatic heterocycles. The number of hydrogen-bond acceptors (Lipinski definition) is 4. The highest BCUT2D eigenvalue weighted by Gasteiger charge is 2.12. The molecule has 0 unspecified atom stereocenters. The van der Waals surface area contributed by atoms with E-state index in [1.54, 1.807) is 0 Å². The van der Waals surface area contributed by atoms with E-state index in [1.165, 1.54) is 12.7 Å². The van der Waals surface area contributed by atoms with Crippen molar-refractivity contribution in [3.05, 3.63) is 35.9 Å². The molecule has 1 rings (SSSR count). The van der Waals surface area contributed by atoms with Gasteiger partial charge in [0.15, 0.2) is 0 Å². The SMILES string of the molecule is CC(=O)O.COC(=O)[C@@H](N)CCc1ccccc1. The zero-order chi connectivity index (χ0) is 14.0. The Bertz CT molecular complexity index is 361. The number of rotatable bonds is 4. The normalized spacial score (nSPS) is 10.8. The van der Waals surface area contributed by atoms with Crippen molar-refractivity contribution < 1.29 is 19.4 Å². The maximum Gasteiger partial charge on any atom is 0.322 e. The lowest BCUT2D eigenvalue weighted by Gasteiger charge is -2.08. The summed E-state index contributed by atoms with van der Waals surface area (Å²) >= 11 is 0. The fourth-order valence-corrected chi connectivity index (χ4v) is 1.24. The first-order valence-corrected chi connectivity index (χ1v) is 5.54. The zero-order valence-electron chi connectivity index (χ0n) is 10.6. The predicted molar refractivity (Wildman–Crippen MR) is 68.1 cm³/mol. The van der Waals surface area contributed by atoms with E-state index in [9.17, 15) is 4.79 Å². The van der Waals surface area contributed by atoms with Gasteiger partial charge in [-0.05, 0) is 18.4 Å². The van der Waals surface area contributed by atoms with Crippen LogP contribution in [-0.4, -0.2) is 30.2 Å². The van der Waals surface area contributed by atoms with Crippen LogP contribution in [0.2, 0.25) is 0 Å². The van der Waals surface area contributed by atoms with E-state index in [0.717, 1.165) is 13.3 Å². The Morgan fingerprint density at radius 1 is 1.33 bits per heavy atom. The van der Waals surface area contributed by atoms with Gasteiger partial charge in [0.2, 0.25) is 0 Å². The predicted octanol–water partition coefficient (Wildman–Crippen LogP) is 1.21. The van der Waals surface area contributed by atoms with Crippen molar-refractivity contribution in [2.75, 3.05) is 7.11 Å². The molecular weight excluding hydrogens is 234 g/mol. The second-order valence-electron chi connectivity index (χ2n) is 3.67. The van der Waals surface area contributed by atoms with Crippen molar-refractivity contribution in [1.82, 2.24) is 0 Å². The van der Waals surface area contributed by atoms with Crippen LogP contribution in [0.25, 0.3) is 0 Å². The molecule has 0 aliphatic carbocycles. The number of aliphatic carboxylic acids is 1. The van der Waals surface area contributed by atoms with E-state index >= 15 is 0 Å². The Morgan fingerprint density at radius 3 is 2.28 bits per heavy atom. The van der Waals surface area contributed by atoms with Crippen LogP contribution >= 0.6 is 0 Å².